The molecule has 3 nitrogen and oxygen atoms in total. The lowest BCUT2D eigenvalue weighted by Gasteiger charge is -2.09. The summed E-state index contributed by atoms with van der Waals surface area (Å²) in [4.78, 5) is 0. The molecule has 0 saturated heterocycles. The Labute approximate surface area is 101 Å². The summed E-state index contributed by atoms with van der Waals surface area (Å²) in [6, 6.07) is 6.72. The van der Waals surface area contributed by atoms with Crippen LogP contribution in [-0.4, -0.2) is 19.2 Å². The SMILES string of the molecule is CC(C)NCCOCc1ccc(C#N)cc1F. The van der Waals surface area contributed by atoms with E-state index in [1.807, 2.05) is 6.07 Å². The lowest BCUT2D eigenvalue weighted by molar-refractivity contribution is 0.119. The van der Waals surface area contributed by atoms with E-state index in [1.165, 1.54) is 6.07 Å². The van der Waals surface area contributed by atoms with Crippen molar-refractivity contribution in [2.45, 2.75) is 26.5 Å². The highest BCUT2D eigenvalue weighted by atomic mass is 19.1. The van der Waals surface area contributed by atoms with E-state index >= 15 is 0 Å². The molecule has 0 fully saturated rings. The maximum Gasteiger partial charge on any atom is 0.130 e. The molecule has 0 unspecified atom stereocenters. The molecule has 0 saturated carbocycles. The Balaban J connectivity index is 2.35. The number of nitrogens with one attached hydrogen (secondary N) is 1. The second kappa shape index (κ2) is 7.00. The minimum Gasteiger partial charge on any atom is -0.375 e. The predicted molar refractivity (Wildman–Crippen MR) is 63.9 cm³/mol. The Morgan fingerprint density at radius 1 is 1.47 bits per heavy atom. The fourth-order valence-electron chi connectivity index (χ4n) is 1.34. The van der Waals surface area contributed by atoms with Crippen LogP contribution in [0.25, 0.3) is 0 Å². The van der Waals surface area contributed by atoms with Crippen molar-refractivity contribution in [3.05, 3.63) is 35.1 Å². The first kappa shape index (κ1) is 13.6. The van der Waals surface area contributed by atoms with E-state index in [1.54, 1.807) is 12.1 Å². The predicted octanol–water partition coefficient (Wildman–Crippen LogP) is 2.21. The summed E-state index contributed by atoms with van der Waals surface area (Å²) in [5, 5.41) is 11.8. The maximum atomic E-state index is 13.4. The first-order chi connectivity index (χ1) is 8.13. The Morgan fingerprint density at radius 3 is 2.82 bits per heavy atom. The van der Waals surface area contributed by atoms with Crippen molar-refractivity contribution in [2.75, 3.05) is 13.2 Å². The highest BCUT2D eigenvalue weighted by Gasteiger charge is 2.03. The largest absolute Gasteiger partial charge is 0.375 e. The van der Waals surface area contributed by atoms with E-state index in [0.29, 0.717) is 23.8 Å². The van der Waals surface area contributed by atoms with Crippen LogP contribution < -0.4 is 5.32 Å². The minimum atomic E-state index is -0.388. The Morgan fingerprint density at radius 2 is 2.24 bits per heavy atom. The van der Waals surface area contributed by atoms with Gasteiger partial charge in [0.1, 0.15) is 5.82 Å². The maximum absolute atomic E-state index is 13.4. The number of benzene rings is 1. The van der Waals surface area contributed by atoms with Crippen LogP contribution in [0.2, 0.25) is 0 Å². The second-order valence-electron chi connectivity index (χ2n) is 4.08. The summed E-state index contributed by atoms with van der Waals surface area (Å²) in [5.74, 6) is -0.388. The minimum absolute atomic E-state index is 0.233. The van der Waals surface area contributed by atoms with Crippen LogP contribution in [0.5, 0.6) is 0 Å². The molecule has 0 atom stereocenters. The Hall–Kier alpha value is -1.44. The van der Waals surface area contributed by atoms with Crippen molar-refractivity contribution in [2.24, 2.45) is 0 Å². The van der Waals surface area contributed by atoms with Gasteiger partial charge < -0.3 is 10.1 Å². The van der Waals surface area contributed by atoms with Gasteiger partial charge in [0.15, 0.2) is 0 Å². The van der Waals surface area contributed by atoms with Crippen molar-refractivity contribution in [1.82, 2.24) is 5.32 Å². The van der Waals surface area contributed by atoms with Gasteiger partial charge in [-0.05, 0) is 12.1 Å². The molecule has 1 rings (SSSR count). The van der Waals surface area contributed by atoms with Gasteiger partial charge in [-0.25, -0.2) is 4.39 Å². The fraction of sp³-hybridized carbons (Fsp3) is 0.462. The number of ether oxygens (including phenoxy) is 1. The van der Waals surface area contributed by atoms with Gasteiger partial charge in [-0.1, -0.05) is 19.9 Å². The summed E-state index contributed by atoms with van der Waals surface area (Å²) in [5.41, 5.74) is 0.807. The molecule has 17 heavy (non-hydrogen) atoms. The monoisotopic (exact) mass is 236 g/mol. The van der Waals surface area contributed by atoms with Crippen molar-refractivity contribution in [3.63, 3.8) is 0 Å². The molecule has 0 spiro atoms. The Bertz CT molecular complexity index is 399. The number of hydrogen-bond donors (Lipinski definition) is 1. The quantitative estimate of drug-likeness (QED) is 0.770. The van der Waals surface area contributed by atoms with E-state index in [-0.39, 0.29) is 12.4 Å². The molecule has 0 amide bonds. The van der Waals surface area contributed by atoms with E-state index in [2.05, 4.69) is 19.2 Å². The third-order valence-corrected chi connectivity index (χ3v) is 2.24. The number of nitriles is 1. The summed E-state index contributed by atoms with van der Waals surface area (Å²) in [6.07, 6.45) is 0. The first-order valence-electron chi connectivity index (χ1n) is 5.63. The molecular weight excluding hydrogens is 219 g/mol. The van der Waals surface area contributed by atoms with Crippen LogP contribution >= 0.6 is 0 Å². The summed E-state index contributed by atoms with van der Waals surface area (Å²) >= 11 is 0. The third-order valence-electron chi connectivity index (χ3n) is 2.24. The average molecular weight is 236 g/mol. The van der Waals surface area contributed by atoms with Crippen LogP contribution in [-0.2, 0) is 11.3 Å². The zero-order chi connectivity index (χ0) is 12.7. The smallest absolute Gasteiger partial charge is 0.130 e. The molecule has 1 aromatic rings. The third kappa shape index (κ3) is 4.94. The fourth-order valence-corrected chi connectivity index (χ4v) is 1.34. The molecular formula is C13H17FN2O. The van der Waals surface area contributed by atoms with Crippen molar-refractivity contribution in [3.8, 4) is 6.07 Å². The van der Waals surface area contributed by atoms with Gasteiger partial charge in [0.25, 0.3) is 0 Å². The van der Waals surface area contributed by atoms with E-state index in [9.17, 15) is 4.39 Å². The second-order valence-corrected chi connectivity index (χ2v) is 4.08. The molecule has 0 aliphatic heterocycles. The number of hydrogen-bond acceptors (Lipinski definition) is 3. The van der Waals surface area contributed by atoms with Gasteiger partial charge in [0.2, 0.25) is 0 Å². The van der Waals surface area contributed by atoms with Crippen LogP contribution in [0.15, 0.2) is 18.2 Å². The average Bonchev–Trinajstić information content (AvgIpc) is 2.30. The first-order valence-corrected chi connectivity index (χ1v) is 5.63. The van der Waals surface area contributed by atoms with Gasteiger partial charge in [0.05, 0.1) is 24.8 Å². The number of rotatable bonds is 6. The summed E-state index contributed by atoms with van der Waals surface area (Å²) < 4.78 is 18.8. The van der Waals surface area contributed by atoms with Gasteiger partial charge in [0, 0.05) is 18.2 Å². The zero-order valence-electron chi connectivity index (χ0n) is 10.2. The lowest BCUT2D eigenvalue weighted by atomic mass is 10.1. The van der Waals surface area contributed by atoms with Gasteiger partial charge in [-0.2, -0.15) is 5.26 Å². The number of halogens is 1. The summed E-state index contributed by atoms with van der Waals surface area (Å²) in [7, 11) is 0. The highest BCUT2D eigenvalue weighted by Crippen LogP contribution is 2.10. The van der Waals surface area contributed by atoms with Crippen molar-refractivity contribution in [1.29, 1.82) is 5.26 Å². The zero-order valence-corrected chi connectivity index (χ0v) is 10.2. The van der Waals surface area contributed by atoms with Crippen LogP contribution in [0, 0.1) is 17.1 Å². The molecule has 4 heteroatoms. The molecule has 0 heterocycles. The Kier molecular flexibility index (Phi) is 5.61. The van der Waals surface area contributed by atoms with E-state index in [4.69, 9.17) is 10.00 Å². The standard InChI is InChI=1S/C13H17FN2O/c1-10(2)16-5-6-17-9-12-4-3-11(8-15)7-13(12)14/h3-4,7,10,16H,5-6,9H2,1-2H3. The topological polar surface area (TPSA) is 45.0 Å². The van der Waals surface area contributed by atoms with Crippen LogP contribution in [0.1, 0.15) is 25.0 Å². The molecule has 92 valence electrons. The summed E-state index contributed by atoms with van der Waals surface area (Å²) in [6.45, 7) is 5.63. The molecule has 0 aliphatic rings. The molecule has 1 aromatic carbocycles. The molecule has 0 aliphatic carbocycles. The molecule has 0 aromatic heterocycles. The van der Waals surface area contributed by atoms with Gasteiger partial charge in [-0.15, -0.1) is 0 Å². The van der Waals surface area contributed by atoms with Gasteiger partial charge in [-0.3, -0.25) is 0 Å². The van der Waals surface area contributed by atoms with Crippen LogP contribution in [0.4, 0.5) is 4.39 Å². The molecule has 0 radical (unpaired) electrons. The normalized spacial score (nSPS) is 10.5. The highest BCUT2D eigenvalue weighted by molar-refractivity contribution is 5.32. The van der Waals surface area contributed by atoms with E-state index in [0.717, 1.165) is 6.54 Å². The van der Waals surface area contributed by atoms with Crippen molar-refractivity contribution < 1.29 is 9.13 Å². The molecule has 0 bridgehead atoms. The van der Waals surface area contributed by atoms with Crippen LogP contribution in [0.3, 0.4) is 0 Å². The lowest BCUT2D eigenvalue weighted by Crippen LogP contribution is -2.26. The van der Waals surface area contributed by atoms with E-state index < -0.39 is 0 Å². The molecule has 1 N–H and O–H groups in total. The van der Waals surface area contributed by atoms with Gasteiger partial charge >= 0.3 is 0 Å². The van der Waals surface area contributed by atoms with Crippen molar-refractivity contribution >= 4 is 0 Å². The number of nitrogens with zero attached hydrogens (tertiary/aromatic N) is 1.